The molecular formula is C14H14ClN5OS. The van der Waals surface area contributed by atoms with Gasteiger partial charge in [-0.25, -0.2) is 4.68 Å². The molecule has 114 valence electrons. The largest absolute Gasteiger partial charge is 0.328 e. The lowest BCUT2D eigenvalue weighted by molar-refractivity contribution is -0.113. The van der Waals surface area contributed by atoms with Crippen LogP contribution >= 0.6 is 23.4 Å². The molecule has 6 nitrogen and oxygen atoms in total. The van der Waals surface area contributed by atoms with Crippen LogP contribution in [0.2, 0.25) is 5.02 Å². The number of anilines is 2. The van der Waals surface area contributed by atoms with Gasteiger partial charge in [-0.15, -0.1) is 5.10 Å². The van der Waals surface area contributed by atoms with Crippen molar-refractivity contribution in [3.05, 3.63) is 40.6 Å². The van der Waals surface area contributed by atoms with E-state index in [4.69, 9.17) is 11.6 Å². The maximum Gasteiger partial charge on any atom is 0.255 e. The van der Waals surface area contributed by atoms with Gasteiger partial charge >= 0.3 is 0 Å². The van der Waals surface area contributed by atoms with Gasteiger partial charge in [0, 0.05) is 16.4 Å². The summed E-state index contributed by atoms with van der Waals surface area (Å²) >= 11 is 7.39. The van der Waals surface area contributed by atoms with Crippen molar-refractivity contribution in [2.45, 2.75) is 18.6 Å². The minimum atomic E-state index is -0.181. The minimum Gasteiger partial charge on any atom is -0.328 e. The number of carbonyl (C=O) groups excluding carboxylic acids is 1. The number of nitrogens with zero attached hydrogens (tertiary/aromatic N) is 3. The fourth-order valence-corrected chi connectivity index (χ4v) is 2.69. The number of hydrogen-bond acceptors (Lipinski definition) is 5. The molecule has 1 aromatic heterocycles. The average molecular weight is 336 g/mol. The van der Waals surface area contributed by atoms with E-state index in [9.17, 15) is 4.79 Å². The Morgan fingerprint density at radius 2 is 2.32 bits per heavy atom. The average Bonchev–Trinajstić information content (AvgIpc) is 2.88. The van der Waals surface area contributed by atoms with Crippen molar-refractivity contribution in [2.24, 2.45) is 0 Å². The smallest absolute Gasteiger partial charge is 0.255 e. The third-order valence-corrected chi connectivity index (χ3v) is 4.02. The number of rotatable bonds is 3. The summed E-state index contributed by atoms with van der Waals surface area (Å²) in [7, 11) is 0. The molecule has 0 aliphatic carbocycles. The Balaban J connectivity index is 1.80. The molecule has 0 radical (unpaired) electrons. The number of fused-ring (bicyclic) bond motifs is 1. The zero-order chi connectivity index (χ0) is 15.7. The Hall–Kier alpha value is -1.99. The van der Waals surface area contributed by atoms with Crippen molar-refractivity contribution in [2.75, 3.05) is 16.9 Å². The number of benzene rings is 1. The summed E-state index contributed by atoms with van der Waals surface area (Å²) in [6.07, 6.45) is 1.91. The maximum atomic E-state index is 12.5. The van der Waals surface area contributed by atoms with Gasteiger partial charge in [-0.05, 0) is 31.4 Å². The van der Waals surface area contributed by atoms with Crippen molar-refractivity contribution >= 4 is 40.9 Å². The highest BCUT2D eigenvalue weighted by molar-refractivity contribution is 7.98. The van der Waals surface area contributed by atoms with Gasteiger partial charge in [-0.2, -0.15) is 4.98 Å². The quantitative estimate of drug-likeness (QED) is 0.844. The highest BCUT2D eigenvalue weighted by atomic mass is 35.5. The zero-order valence-corrected chi connectivity index (χ0v) is 13.6. The summed E-state index contributed by atoms with van der Waals surface area (Å²) in [4.78, 5) is 16.8. The van der Waals surface area contributed by atoms with Crippen LogP contribution in [0.3, 0.4) is 0 Å². The molecule has 0 spiro atoms. The van der Waals surface area contributed by atoms with E-state index in [1.165, 1.54) is 11.8 Å². The third kappa shape index (κ3) is 2.95. The normalized spacial score (nSPS) is 13.6. The van der Waals surface area contributed by atoms with Crippen LogP contribution in [0.1, 0.15) is 6.92 Å². The van der Waals surface area contributed by atoms with Gasteiger partial charge in [0.1, 0.15) is 0 Å². The van der Waals surface area contributed by atoms with E-state index < -0.39 is 0 Å². The van der Waals surface area contributed by atoms with Crippen LogP contribution in [0.5, 0.6) is 0 Å². The van der Waals surface area contributed by atoms with Crippen LogP contribution in [-0.4, -0.2) is 26.9 Å². The van der Waals surface area contributed by atoms with Crippen LogP contribution < -0.4 is 10.6 Å². The molecule has 1 aliphatic heterocycles. The number of thioether (sulfide) groups is 1. The number of nitrogens with one attached hydrogen (secondary N) is 2. The summed E-state index contributed by atoms with van der Waals surface area (Å²) in [6, 6.07) is 7.05. The van der Waals surface area contributed by atoms with E-state index in [0.29, 0.717) is 33.9 Å². The first-order valence-corrected chi connectivity index (χ1v) is 8.19. The molecule has 0 unspecified atom stereocenters. The number of hydrogen-bond donors (Lipinski definition) is 2. The van der Waals surface area contributed by atoms with Gasteiger partial charge in [0.2, 0.25) is 11.1 Å². The van der Waals surface area contributed by atoms with Crippen molar-refractivity contribution in [3.63, 3.8) is 0 Å². The first-order valence-electron chi connectivity index (χ1n) is 6.59. The summed E-state index contributed by atoms with van der Waals surface area (Å²) in [5, 5.41) is 11.5. The lowest BCUT2D eigenvalue weighted by Crippen LogP contribution is -2.26. The van der Waals surface area contributed by atoms with Gasteiger partial charge in [0.25, 0.3) is 5.91 Å². The zero-order valence-electron chi connectivity index (χ0n) is 12.1. The molecule has 1 aromatic carbocycles. The monoisotopic (exact) mass is 335 g/mol. The minimum absolute atomic E-state index is 0.181. The first kappa shape index (κ1) is 14.9. The number of carbonyl (C=O) groups is 1. The molecular weight excluding hydrogens is 322 g/mol. The van der Waals surface area contributed by atoms with Crippen LogP contribution in [0, 0.1) is 0 Å². The summed E-state index contributed by atoms with van der Waals surface area (Å²) < 4.78 is 1.69. The predicted molar refractivity (Wildman–Crippen MR) is 88.2 cm³/mol. The second-order valence-electron chi connectivity index (χ2n) is 4.77. The van der Waals surface area contributed by atoms with Gasteiger partial charge in [-0.3, -0.25) is 4.79 Å². The van der Waals surface area contributed by atoms with E-state index in [-0.39, 0.29) is 5.91 Å². The molecule has 1 aliphatic rings. The highest BCUT2D eigenvalue weighted by Crippen LogP contribution is 2.23. The second-order valence-corrected chi connectivity index (χ2v) is 5.98. The summed E-state index contributed by atoms with van der Waals surface area (Å²) in [5.74, 6) is 0.472. The summed E-state index contributed by atoms with van der Waals surface area (Å²) in [6.45, 7) is 2.23. The lowest BCUT2D eigenvalue weighted by Gasteiger charge is -2.19. The fraction of sp³-hybridized carbons (Fsp3) is 0.214. The van der Waals surface area contributed by atoms with Crippen molar-refractivity contribution in [1.82, 2.24) is 14.8 Å². The fourth-order valence-electron chi connectivity index (χ4n) is 2.14. The number of amides is 1. The summed E-state index contributed by atoms with van der Waals surface area (Å²) in [5.41, 5.74) is 2.05. The van der Waals surface area contributed by atoms with Gasteiger partial charge in [-0.1, -0.05) is 29.4 Å². The van der Waals surface area contributed by atoms with E-state index in [1.807, 2.05) is 13.2 Å². The molecule has 8 heteroatoms. The number of allylic oxidation sites excluding steroid dienone is 1. The molecule has 0 fully saturated rings. The number of aromatic nitrogens is 3. The Kier molecular flexibility index (Phi) is 4.08. The second kappa shape index (κ2) is 6.02. The third-order valence-electron chi connectivity index (χ3n) is 3.25. The van der Waals surface area contributed by atoms with E-state index in [1.54, 1.807) is 28.9 Å². The standard InChI is InChI=1S/C14H14ClN5OS/c1-8-11(7-20-13(16-8)18-14(19-20)22-2)12(21)17-10-5-3-4-9(15)6-10/h3-6H,7H2,1-2H3,(H,17,21)(H,16,18,19). The van der Waals surface area contributed by atoms with Crippen molar-refractivity contribution in [3.8, 4) is 0 Å². The lowest BCUT2D eigenvalue weighted by atomic mass is 10.1. The van der Waals surface area contributed by atoms with Gasteiger partial charge in [0.15, 0.2) is 0 Å². The molecule has 2 N–H and O–H groups in total. The molecule has 1 amide bonds. The van der Waals surface area contributed by atoms with Crippen LogP contribution in [0.15, 0.2) is 40.7 Å². The SMILES string of the molecule is CSc1nc2n(n1)CC(C(=O)Nc1cccc(Cl)c1)=C(C)N2. The van der Waals surface area contributed by atoms with Gasteiger partial charge in [0.05, 0.1) is 12.1 Å². The van der Waals surface area contributed by atoms with E-state index >= 15 is 0 Å². The molecule has 22 heavy (non-hydrogen) atoms. The molecule has 0 saturated carbocycles. The van der Waals surface area contributed by atoms with Crippen molar-refractivity contribution < 1.29 is 4.79 Å². The molecule has 2 aromatic rings. The molecule has 0 saturated heterocycles. The highest BCUT2D eigenvalue weighted by Gasteiger charge is 2.23. The molecule has 0 bridgehead atoms. The van der Waals surface area contributed by atoms with Crippen LogP contribution in [-0.2, 0) is 11.3 Å². The Labute approximate surface area is 136 Å². The Morgan fingerprint density at radius 3 is 3.05 bits per heavy atom. The topological polar surface area (TPSA) is 71.8 Å². The first-order chi connectivity index (χ1) is 10.6. The van der Waals surface area contributed by atoms with Crippen LogP contribution in [0.25, 0.3) is 0 Å². The van der Waals surface area contributed by atoms with Crippen molar-refractivity contribution in [1.29, 1.82) is 0 Å². The van der Waals surface area contributed by atoms with E-state index in [0.717, 1.165) is 5.70 Å². The maximum absolute atomic E-state index is 12.5. The number of halogens is 1. The Bertz CT molecular complexity index is 770. The molecule has 2 heterocycles. The Morgan fingerprint density at radius 1 is 1.50 bits per heavy atom. The van der Waals surface area contributed by atoms with Gasteiger partial charge < -0.3 is 10.6 Å². The molecule has 3 rings (SSSR count). The molecule has 0 atom stereocenters. The van der Waals surface area contributed by atoms with E-state index in [2.05, 4.69) is 20.7 Å². The predicted octanol–water partition coefficient (Wildman–Crippen LogP) is 2.99. The van der Waals surface area contributed by atoms with Crippen LogP contribution in [0.4, 0.5) is 11.6 Å².